The van der Waals surface area contributed by atoms with Crippen LogP contribution in [0.15, 0.2) is 106 Å². The van der Waals surface area contributed by atoms with Crippen LogP contribution in [0.1, 0.15) is 0 Å². The van der Waals surface area contributed by atoms with Crippen LogP contribution in [0.5, 0.6) is 0 Å². The average Bonchev–Trinajstić information content (AvgIpc) is 2.73. The van der Waals surface area contributed by atoms with E-state index in [0.717, 1.165) is 44.6 Å². The fourth-order valence-electron chi connectivity index (χ4n) is 3.17. The highest BCUT2D eigenvalue weighted by Gasteiger charge is 2.17. The van der Waals surface area contributed by atoms with Gasteiger partial charge < -0.3 is 0 Å². The Labute approximate surface area is 151 Å². The molecule has 5 aromatic rings. The molecule has 26 heavy (non-hydrogen) atoms. The number of rotatable bonds is 2. The molecule has 2 heteroatoms. The number of hydrogen-bond acceptors (Lipinski definition) is 0. The molecule has 0 aliphatic carbocycles. The molecule has 0 unspecified atom stereocenters. The Morgan fingerprint density at radius 3 is 1.27 bits per heavy atom. The van der Waals surface area contributed by atoms with Crippen molar-refractivity contribution in [2.24, 2.45) is 0 Å². The summed E-state index contributed by atoms with van der Waals surface area (Å²) in [5, 5.41) is 2.20. The van der Waals surface area contributed by atoms with Crippen LogP contribution in [0.4, 0.5) is 0 Å². The van der Waals surface area contributed by atoms with Gasteiger partial charge in [0.25, 0.3) is 0 Å². The van der Waals surface area contributed by atoms with Gasteiger partial charge in [0.05, 0.1) is 21.9 Å². The molecule has 2 heterocycles. The van der Waals surface area contributed by atoms with Gasteiger partial charge >= 0.3 is 22.7 Å². The number of benzene rings is 3. The lowest BCUT2D eigenvalue weighted by atomic mass is 10.1. The summed E-state index contributed by atoms with van der Waals surface area (Å²) < 4.78 is 12.1. The zero-order valence-corrected chi connectivity index (χ0v) is 14.1. The first-order valence-corrected chi connectivity index (χ1v) is 8.61. The zero-order valence-electron chi connectivity index (χ0n) is 14.1. The Hall–Kier alpha value is -3.52. The van der Waals surface area contributed by atoms with Crippen molar-refractivity contribution < 1.29 is 8.83 Å². The molecule has 0 saturated carbocycles. The van der Waals surface area contributed by atoms with Crippen LogP contribution in [-0.2, 0) is 0 Å². The number of fused-ring (bicyclic) bond motifs is 2. The Balaban J connectivity index is 1.52. The van der Waals surface area contributed by atoms with Gasteiger partial charge in [-0.05, 0) is 48.5 Å². The van der Waals surface area contributed by atoms with Crippen molar-refractivity contribution in [1.82, 2.24) is 0 Å². The summed E-state index contributed by atoms with van der Waals surface area (Å²) in [5.74, 6) is 1.71. The molecule has 0 aliphatic heterocycles. The maximum atomic E-state index is 6.03. The molecular formula is C24H16O2+2. The first kappa shape index (κ1) is 14.8. The summed E-state index contributed by atoms with van der Waals surface area (Å²) in [6.07, 6.45) is 0. The second-order valence-electron chi connectivity index (χ2n) is 6.25. The smallest absolute Gasteiger partial charge is 0.207 e. The van der Waals surface area contributed by atoms with Crippen molar-refractivity contribution in [3.8, 4) is 22.6 Å². The van der Waals surface area contributed by atoms with E-state index in [0.29, 0.717) is 0 Å². The predicted octanol–water partition coefficient (Wildman–Crippen LogP) is 7.08. The topological polar surface area (TPSA) is 22.6 Å². The van der Waals surface area contributed by atoms with Crippen molar-refractivity contribution in [1.29, 1.82) is 0 Å². The SMILES string of the molecule is c1ccc2[o+]c(-c3ccc(-c4ccc5ccccc5[o+]4)cc3)ccc2c1. The van der Waals surface area contributed by atoms with E-state index in [1.807, 2.05) is 60.7 Å². The van der Waals surface area contributed by atoms with Gasteiger partial charge in [-0.3, -0.25) is 0 Å². The van der Waals surface area contributed by atoms with Gasteiger partial charge in [0.1, 0.15) is 0 Å². The minimum absolute atomic E-state index is 0.853. The minimum atomic E-state index is 0.853. The highest BCUT2D eigenvalue weighted by molar-refractivity contribution is 5.80. The standard InChI is InChI=1S/C24H16O2/c1-3-7-21-17(5-1)13-15-23(25-21)19-9-11-20(12-10-19)24-16-14-18-6-2-4-8-22(18)26-24/h1-16H/q+2. The van der Waals surface area contributed by atoms with E-state index in [1.54, 1.807) is 0 Å². The fourth-order valence-corrected chi connectivity index (χ4v) is 3.17. The summed E-state index contributed by atoms with van der Waals surface area (Å²) in [4.78, 5) is 0. The average molecular weight is 336 g/mol. The highest BCUT2D eigenvalue weighted by Crippen LogP contribution is 2.29. The van der Waals surface area contributed by atoms with E-state index in [-0.39, 0.29) is 0 Å². The van der Waals surface area contributed by atoms with E-state index in [9.17, 15) is 0 Å². The minimum Gasteiger partial charge on any atom is -0.207 e. The van der Waals surface area contributed by atoms with Crippen LogP contribution in [0.3, 0.4) is 0 Å². The van der Waals surface area contributed by atoms with E-state index in [2.05, 4.69) is 36.4 Å². The summed E-state index contributed by atoms with van der Waals surface area (Å²) >= 11 is 0. The van der Waals surface area contributed by atoms with Crippen molar-refractivity contribution >= 4 is 21.9 Å². The van der Waals surface area contributed by atoms with Gasteiger partial charge in [-0.15, -0.1) is 0 Å². The molecule has 5 rings (SSSR count). The van der Waals surface area contributed by atoms with E-state index < -0.39 is 0 Å². The lowest BCUT2D eigenvalue weighted by Gasteiger charge is -1.96. The molecule has 3 aromatic carbocycles. The maximum absolute atomic E-state index is 6.03. The molecular weight excluding hydrogens is 320 g/mol. The van der Waals surface area contributed by atoms with E-state index in [1.165, 1.54) is 0 Å². The molecule has 2 aromatic heterocycles. The van der Waals surface area contributed by atoms with Crippen LogP contribution in [-0.4, -0.2) is 0 Å². The van der Waals surface area contributed by atoms with Gasteiger partial charge in [-0.25, -0.2) is 8.83 Å². The molecule has 122 valence electrons. The quantitative estimate of drug-likeness (QED) is 0.321. The molecule has 0 bridgehead atoms. The number of hydrogen-bond donors (Lipinski definition) is 0. The molecule has 0 spiro atoms. The second-order valence-corrected chi connectivity index (χ2v) is 6.25. The van der Waals surface area contributed by atoms with Crippen LogP contribution in [0.2, 0.25) is 0 Å². The Morgan fingerprint density at radius 2 is 0.808 bits per heavy atom. The van der Waals surface area contributed by atoms with E-state index >= 15 is 0 Å². The van der Waals surface area contributed by atoms with Crippen LogP contribution in [0, 0.1) is 0 Å². The third-order valence-electron chi connectivity index (χ3n) is 4.56. The summed E-state index contributed by atoms with van der Waals surface area (Å²) in [5.41, 5.74) is 3.86. The second kappa shape index (κ2) is 6.08. The Kier molecular flexibility index (Phi) is 3.46. The molecule has 0 aliphatic rings. The van der Waals surface area contributed by atoms with Crippen molar-refractivity contribution in [3.63, 3.8) is 0 Å². The first-order chi connectivity index (χ1) is 12.9. The van der Waals surface area contributed by atoms with Gasteiger partial charge in [-0.1, -0.05) is 24.3 Å². The van der Waals surface area contributed by atoms with Gasteiger partial charge in [-0.2, -0.15) is 0 Å². The molecule has 0 saturated heterocycles. The van der Waals surface area contributed by atoms with Crippen molar-refractivity contribution in [3.05, 3.63) is 97.1 Å². The Morgan fingerprint density at radius 1 is 0.385 bits per heavy atom. The van der Waals surface area contributed by atoms with E-state index in [4.69, 9.17) is 8.83 Å². The third kappa shape index (κ3) is 2.62. The Bertz CT molecular complexity index is 1130. The number of para-hydroxylation sites is 2. The van der Waals surface area contributed by atoms with Gasteiger partial charge in [0.2, 0.25) is 0 Å². The summed E-state index contributed by atoms with van der Waals surface area (Å²) in [6.45, 7) is 0. The lowest BCUT2D eigenvalue weighted by Crippen LogP contribution is -1.82. The molecule has 2 nitrogen and oxygen atoms in total. The fraction of sp³-hybridized carbons (Fsp3) is 0. The summed E-state index contributed by atoms with van der Waals surface area (Å²) in [7, 11) is 0. The lowest BCUT2D eigenvalue weighted by molar-refractivity contribution is 0.618. The summed E-state index contributed by atoms with van der Waals surface area (Å²) in [6, 6.07) is 32.5. The largest absolute Gasteiger partial charge is 0.360 e. The van der Waals surface area contributed by atoms with Crippen LogP contribution < -0.4 is 0 Å². The zero-order chi connectivity index (χ0) is 17.3. The molecule has 0 amide bonds. The normalized spacial score (nSPS) is 11.1. The first-order valence-electron chi connectivity index (χ1n) is 8.61. The molecule has 0 radical (unpaired) electrons. The highest BCUT2D eigenvalue weighted by atomic mass is 16.3. The van der Waals surface area contributed by atoms with Crippen LogP contribution >= 0.6 is 0 Å². The van der Waals surface area contributed by atoms with Crippen molar-refractivity contribution in [2.75, 3.05) is 0 Å². The van der Waals surface area contributed by atoms with Crippen molar-refractivity contribution in [2.45, 2.75) is 0 Å². The molecule has 0 atom stereocenters. The molecule has 0 N–H and O–H groups in total. The maximum Gasteiger partial charge on any atom is 0.360 e. The van der Waals surface area contributed by atoms with Gasteiger partial charge in [0, 0.05) is 24.3 Å². The molecule has 0 fully saturated rings. The van der Waals surface area contributed by atoms with Crippen LogP contribution in [0.25, 0.3) is 44.6 Å². The third-order valence-corrected chi connectivity index (χ3v) is 4.56. The monoisotopic (exact) mass is 336 g/mol. The van der Waals surface area contributed by atoms with Gasteiger partial charge in [0.15, 0.2) is 0 Å². The predicted molar refractivity (Wildman–Crippen MR) is 106 cm³/mol.